The van der Waals surface area contributed by atoms with Crippen molar-refractivity contribution in [3.8, 4) is 11.5 Å². The van der Waals surface area contributed by atoms with E-state index in [9.17, 15) is 0 Å². The zero-order valence-electron chi connectivity index (χ0n) is 10.8. The number of nitrogens with zero attached hydrogens (tertiary/aromatic N) is 1. The first-order valence-electron chi connectivity index (χ1n) is 5.78. The van der Waals surface area contributed by atoms with Crippen molar-refractivity contribution >= 4 is 11.6 Å². The van der Waals surface area contributed by atoms with E-state index in [1.54, 1.807) is 25.4 Å². The van der Waals surface area contributed by atoms with Crippen molar-refractivity contribution in [2.45, 2.75) is 13.2 Å². The van der Waals surface area contributed by atoms with E-state index in [2.05, 4.69) is 10.5 Å². The van der Waals surface area contributed by atoms with Gasteiger partial charge in [0.25, 0.3) is 0 Å². The predicted molar refractivity (Wildman–Crippen MR) is 71.6 cm³/mol. The van der Waals surface area contributed by atoms with E-state index >= 15 is 0 Å². The highest BCUT2D eigenvalue weighted by Gasteiger charge is 2.13. The summed E-state index contributed by atoms with van der Waals surface area (Å²) in [6, 6.07) is 5.31. The molecular weight excluding hydrogens is 268 g/mol. The summed E-state index contributed by atoms with van der Waals surface area (Å²) in [5.41, 5.74) is 0.923. The van der Waals surface area contributed by atoms with Crippen molar-refractivity contribution in [3.05, 3.63) is 40.7 Å². The average Bonchev–Trinajstić information content (AvgIpc) is 2.90. The molecule has 0 saturated heterocycles. The summed E-state index contributed by atoms with van der Waals surface area (Å²) in [5.74, 6) is 1.89. The molecule has 0 spiro atoms. The van der Waals surface area contributed by atoms with Crippen LogP contribution in [0.25, 0.3) is 0 Å². The van der Waals surface area contributed by atoms with Crippen LogP contribution in [-0.2, 0) is 13.2 Å². The number of hydrogen-bond acceptors (Lipinski definition) is 5. The number of hydrogen-bond donors (Lipinski definition) is 1. The molecule has 0 aliphatic rings. The monoisotopic (exact) mass is 282 g/mol. The molecule has 0 saturated carbocycles. The Morgan fingerprint density at radius 1 is 1.42 bits per heavy atom. The van der Waals surface area contributed by atoms with Crippen LogP contribution in [0.1, 0.15) is 11.3 Å². The Bertz CT molecular complexity index is 529. The van der Waals surface area contributed by atoms with Gasteiger partial charge < -0.3 is 19.3 Å². The highest BCUT2D eigenvalue weighted by Crippen LogP contribution is 2.35. The third kappa shape index (κ3) is 3.39. The molecule has 2 rings (SSSR count). The Morgan fingerprint density at radius 2 is 2.26 bits per heavy atom. The van der Waals surface area contributed by atoms with Crippen molar-refractivity contribution in [1.29, 1.82) is 0 Å². The number of aromatic nitrogens is 1. The molecule has 0 amide bonds. The van der Waals surface area contributed by atoms with Crippen LogP contribution >= 0.6 is 11.6 Å². The molecule has 0 radical (unpaired) electrons. The SMILES string of the molecule is CNCc1cc(Cl)cc(OC)c1OCc1ccno1. The molecule has 1 aromatic heterocycles. The zero-order chi connectivity index (χ0) is 13.7. The second-order valence-electron chi connectivity index (χ2n) is 3.89. The first-order valence-corrected chi connectivity index (χ1v) is 6.15. The van der Waals surface area contributed by atoms with Gasteiger partial charge in [-0.05, 0) is 13.1 Å². The molecule has 0 unspecified atom stereocenters. The maximum Gasteiger partial charge on any atom is 0.174 e. The number of ether oxygens (including phenoxy) is 2. The van der Waals surface area contributed by atoms with Crippen molar-refractivity contribution in [2.24, 2.45) is 0 Å². The molecule has 0 bridgehead atoms. The van der Waals surface area contributed by atoms with E-state index in [4.69, 9.17) is 25.6 Å². The molecule has 1 heterocycles. The molecule has 6 heteroatoms. The first kappa shape index (κ1) is 13.7. The van der Waals surface area contributed by atoms with Crippen LogP contribution in [0, 0.1) is 0 Å². The summed E-state index contributed by atoms with van der Waals surface area (Å²) < 4.78 is 16.0. The molecule has 1 aromatic carbocycles. The Hall–Kier alpha value is -1.72. The standard InChI is InChI=1S/C13H15ClN2O3/c1-15-7-9-5-10(14)6-12(17-2)13(9)18-8-11-3-4-16-19-11/h3-6,15H,7-8H2,1-2H3. The van der Waals surface area contributed by atoms with Crippen LogP contribution in [0.2, 0.25) is 5.02 Å². The molecule has 5 nitrogen and oxygen atoms in total. The Kier molecular flexibility index (Phi) is 4.65. The maximum atomic E-state index is 6.04. The smallest absolute Gasteiger partial charge is 0.174 e. The van der Waals surface area contributed by atoms with Gasteiger partial charge in [0.2, 0.25) is 0 Å². The van der Waals surface area contributed by atoms with Gasteiger partial charge in [-0.1, -0.05) is 16.8 Å². The minimum absolute atomic E-state index is 0.286. The van der Waals surface area contributed by atoms with Gasteiger partial charge in [-0.15, -0.1) is 0 Å². The first-order chi connectivity index (χ1) is 9.24. The lowest BCUT2D eigenvalue weighted by molar-refractivity contribution is 0.237. The molecule has 0 aliphatic carbocycles. The number of nitrogens with one attached hydrogen (secondary N) is 1. The van der Waals surface area contributed by atoms with Gasteiger partial charge in [0.15, 0.2) is 17.3 Å². The van der Waals surface area contributed by atoms with E-state index in [-0.39, 0.29) is 6.61 Å². The van der Waals surface area contributed by atoms with Crippen LogP contribution in [0.5, 0.6) is 11.5 Å². The van der Waals surface area contributed by atoms with Crippen molar-refractivity contribution in [1.82, 2.24) is 10.5 Å². The molecule has 2 aromatic rings. The largest absolute Gasteiger partial charge is 0.493 e. The van der Waals surface area contributed by atoms with E-state index < -0.39 is 0 Å². The fourth-order valence-corrected chi connectivity index (χ4v) is 1.95. The summed E-state index contributed by atoms with van der Waals surface area (Å²) in [4.78, 5) is 0. The molecular formula is C13H15ClN2O3. The summed E-state index contributed by atoms with van der Waals surface area (Å²) in [5, 5.41) is 7.30. The fraction of sp³-hybridized carbons (Fsp3) is 0.308. The molecule has 0 aliphatic heterocycles. The van der Waals surface area contributed by atoms with Crippen LogP contribution in [0.15, 0.2) is 28.9 Å². The molecule has 0 fully saturated rings. The quantitative estimate of drug-likeness (QED) is 0.883. The van der Waals surface area contributed by atoms with Crippen LogP contribution < -0.4 is 14.8 Å². The molecule has 0 atom stereocenters. The topological polar surface area (TPSA) is 56.5 Å². The molecule has 102 valence electrons. The van der Waals surface area contributed by atoms with Crippen molar-refractivity contribution in [2.75, 3.05) is 14.2 Å². The van der Waals surface area contributed by atoms with E-state index in [0.717, 1.165) is 5.56 Å². The third-order valence-corrected chi connectivity index (χ3v) is 2.75. The number of benzene rings is 1. The molecule has 19 heavy (non-hydrogen) atoms. The van der Waals surface area contributed by atoms with Crippen molar-refractivity contribution in [3.63, 3.8) is 0 Å². The minimum atomic E-state index is 0.286. The summed E-state index contributed by atoms with van der Waals surface area (Å²) in [6.45, 7) is 0.914. The van der Waals surface area contributed by atoms with Crippen LogP contribution in [0.3, 0.4) is 0 Å². The van der Waals surface area contributed by atoms with Gasteiger partial charge in [-0.3, -0.25) is 0 Å². The number of methoxy groups -OCH3 is 1. The highest BCUT2D eigenvalue weighted by molar-refractivity contribution is 6.30. The Morgan fingerprint density at radius 3 is 2.89 bits per heavy atom. The van der Waals surface area contributed by atoms with Crippen LogP contribution in [-0.4, -0.2) is 19.3 Å². The predicted octanol–water partition coefficient (Wildman–Crippen LogP) is 2.64. The maximum absolute atomic E-state index is 6.04. The summed E-state index contributed by atoms with van der Waals surface area (Å²) >= 11 is 6.04. The lowest BCUT2D eigenvalue weighted by Gasteiger charge is -2.14. The second-order valence-corrected chi connectivity index (χ2v) is 4.33. The fourth-order valence-electron chi connectivity index (χ4n) is 1.72. The lowest BCUT2D eigenvalue weighted by Crippen LogP contribution is -2.08. The number of rotatable bonds is 6. The van der Waals surface area contributed by atoms with E-state index in [1.807, 2.05) is 13.1 Å². The lowest BCUT2D eigenvalue weighted by atomic mass is 10.2. The van der Waals surface area contributed by atoms with Gasteiger partial charge in [-0.25, -0.2) is 0 Å². The van der Waals surface area contributed by atoms with Gasteiger partial charge in [-0.2, -0.15) is 0 Å². The number of halogens is 1. The molecule has 1 N–H and O–H groups in total. The van der Waals surface area contributed by atoms with Gasteiger partial charge in [0.1, 0.15) is 6.61 Å². The summed E-state index contributed by atoms with van der Waals surface area (Å²) in [6.07, 6.45) is 1.58. The Labute approximate surface area is 116 Å². The van der Waals surface area contributed by atoms with E-state index in [0.29, 0.717) is 28.8 Å². The van der Waals surface area contributed by atoms with Gasteiger partial charge in [0.05, 0.1) is 13.3 Å². The van der Waals surface area contributed by atoms with Crippen LogP contribution in [0.4, 0.5) is 0 Å². The Balaban J connectivity index is 2.24. The minimum Gasteiger partial charge on any atom is -0.493 e. The average molecular weight is 283 g/mol. The van der Waals surface area contributed by atoms with Gasteiger partial charge in [0, 0.05) is 29.3 Å². The van der Waals surface area contributed by atoms with Crippen molar-refractivity contribution < 1.29 is 14.0 Å². The second kappa shape index (κ2) is 6.45. The van der Waals surface area contributed by atoms with Gasteiger partial charge >= 0.3 is 0 Å². The summed E-state index contributed by atoms with van der Waals surface area (Å²) in [7, 11) is 3.43. The zero-order valence-corrected chi connectivity index (χ0v) is 11.5. The van der Waals surface area contributed by atoms with E-state index in [1.165, 1.54) is 0 Å². The normalized spacial score (nSPS) is 10.5. The highest BCUT2D eigenvalue weighted by atomic mass is 35.5. The third-order valence-electron chi connectivity index (χ3n) is 2.53.